The highest BCUT2D eigenvalue weighted by Crippen LogP contribution is 2.27. The Labute approximate surface area is 262 Å². The van der Waals surface area contributed by atoms with Gasteiger partial charge < -0.3 is 25.1 Å². The van der Waals surface area contributed by atoms with Crippen LogP contribution in [0.2, 0.25) is 0 Å². The molecular weight excluding hydrogens is 597 g/mol. The lowest BCUT2D eigenvalue weighted by Gasteiger charge is -2.12. The molecule has 0 unspecified atom stereocenters. The van der Waals surface area contributed by atoms with E-state index in [4.69, 9.17) is 9.15 Å². The molecule has 5 aromatic rings. The van der Waals surface area contributed by atoms with Gasteiger partial charge in [0.05, 0.1) is 24.3 Å². The lowest BCUT2D eigenvalue weighted by atomic mass is 10.2. The van der Waals surface area contributed by atoms with Gasteiger partial charge in [-0.1, -0.05) is 24.3 Å². The third-order valence-corrected chi connectivity index (χ3v) is 7.78. The lowest BCUT2D eigenvalue weighted by molar-refractivity contribution is -0.114. The molecule has 0 fully saturated rings. The van der Waals surface area contributed by atoms with E-state index in [-0.39, 0.29) is 17.4 Å². The predicted molar refractivity (Wildman–Crippen MR) is 174 cm³/mol. The molecule has 5 rings (SSSR count). The highest BCUT2D eigenvalue weighted by atomic mass is 32.2. The number of benzene rings is 3. The second-order valence-electron chi connectivity index (χ2n) is 9.21. The normalized spacial score (nSPS) is 11.1. The fourth-order valence-corrected chi connectivity index (χ4v) is 5.47. The maximum Gasteiger partial charge on any atom is 0.272 e. The number of anilines is 2. The number of carbonyl (C=O) groups is 3. The molecule has 0 spiro atoms. The summed E-state index contributed by atoms with van der Waals surface area (Å²) in [5, 5.41) is 10.7. The molecule has 44 heavy (non-hydrogen) atoms. The van der Waals surface area contributed by atoms with E-state index in [2.05, 4.69) is 20.9 Å². The van der Waals surface area contributed by atoms with E-state index in [1.807, 2.05) is 42.6 Å². The van der Waals surface area contributed by atoms with Crippen molar-refractivity contribution in [2.24, 2.45) is 0 Å². The number of hydrogen-bond donors (Lipinski definition) is 3. The minimum Gasteiger partial charge on any atom is -0.494 e. The van der Waals surface area contributed by atoms with Crippen LogP contribution in [0.15, 0.2) is 118 Å². The summed E-state index contributed by atoms with van der Waals surface area (Å²) in [6.45, 7) is 2.54. The van der Waals surface area contributed by atoms with Gasteiger partial charge in [0.1, 0.15) is 17.2 Å². The Hall–Kier alpha value is -5.13. The number of carbonyl (C=O) groups excluding carboxylic acids is 3. The summed E-state index contributed by atoms with van der Waals surface area (Å²) in [4.78, 5) is 44.0. The van der Waals surface area contributed by atoms with Crippen LogP contribution >= 0.6 is 23.1 Å². The van der Waals surface area contributed by atoms with Crippen molar-refractivity contribution in [1.29, 1.82) is 0 Å². The number of ether oxygens (including phenoxy) is 1. The monoisotopic (exact) mass is 624 g/mol. The summed E-state index contributed by atoms with van der Waals surface area (Å²) < 4.78 is 10.8. The summed E-state index contributed by atoms with van der Waals surface area (Å²) in [5.74, 6) is 0.182. The molecule has 0 saturated heterocycles. The highest BCUT2D eigenvalue weighted by molar-refractivity contribution is 8.00. The van der Waals surface area contributed by atoms with Crippen molar-refractivity contribution >= 4 is 57.7 Å². The molecule has 3 aromatic carbocycles. The van der Waals surface area contributed by atoms with Gasteiger partial charge in [-0.25, -0.2) is 4.98 Å². The second kappa shape index (κ2) is 14.9. The van der Waals surface area contributed by atoms with Crippen LogP contribution in [0.4, 0.5) is 10.8 Å². The van der Waals surface area contributed by atoms with Crippen LogP contribution in [0.5, 0.6) is 5.75 Å². The van der Waals surface area contributed by atoms with Gasteiger partial charge in [0, 0.05) is 33.2 Å². The number of hydrogen-bond acceptors (Lipinski definition) is 8. The summed E-state index contributed by atoms with van der Waals surface area (Å²) in [7, 11) is 0. The van der Waals surface area contributed by atoms with Crippen LogP contribution in [-0.2, 0) is 9.59 Å². The zero-order chi connectivity index (χ0) is 30.7. The Morgan fingerprint density at radius 2 is 1.77 bits per heavy atom. The maximum atomic E-state index is 13.2. The summed E-state index contributed by atoms with van der Waals surface area (Å²) in [5.41, 5.74) is 2.62. The number of thiazole rings is 1. The van der Waals surface area contributed by atoms with Gasteiger partial charge in [0.2, 0.25) is 5.91 Å². The van der Waals surface area contributed by atoms with Crippen molar-refractivity contribution < 1.29 is 23.5 Å². The van der Waals surface area contributed by atoms with Crippen LogP contribution in [0, 0.1) is 0 Å². The topological polar surface area (TPSA) is 123 Å². The van der Waals surface area contributed by atoms with Crippen LogP contribution in [0.3, 0.4) is 0 Å². The molecule has 0 aliphatic heterocycles. The minimum absolute atomic E-state index is 0.0132. The van der Waals surface area contributed by atoms with Gasteiger partial charge in [0.25, 0.3) is 11.8 Å². The number of aromatic nitrogens is 1. The first kappa shape index (κ1) is 30.3. The predicted octanol–water partition coefficient (Wildman–Crippen LogP) is 6.94. The van der Waals surface area contributed by atoms with E-state index in [0.29, 0.717) is 28.7 Å². The quantitative estimate of drug-likeness (QED) is 0.102. The van der Waals surface area contributed by atoms with Crippen LogP contribution in [-0.4, -0.2) is 35.1 Å². The van der Waals surface area contributed by atoms with Crippen LogP contribution < -0.4 is 20.7 Å². The zero-order valence-corrected chi connectivity index (χ0v) is 25.2. The van der Waals surface area contributed by atoms with Crippen molar-refractivity contribution in [2.45, 2.75) is 11.8 Å². The zero-order valence-electron chi connectivity index (χ0n) is 23.6. The average molecular weight is 625 g/mol. The fourth-order valence-electron chi connectivity index (χ4n) is 3.98. The third-order valence-electron chi connectivity index (χ3n) is 6.03. The van der Waals surface area contributed by atoms with Gasteiger partial charge >= 0.3 is 0 Å². The van der Waals surface area contributed by atoms with Gasteiger partial charge in [-0.05, 0) is 73.7 Å². The number of furan rings is 1. The molecule has 0 atom stereocenters. The van der Waals surface area contributed by atoms with Gasteiger partial charge in [-0.2, -0.15) is 0 Å². The van der Waals surface area contributed by atoms with Crippen molar-refractivity contribution in [2.75, 3.05) is 23.0 Å². The molecule has 0 radical (unpaired) electrons. The average Bonchev–Trinajstić information content (AvgIpc) is 3.73. The maximum absolute atomic E-state index is 13.2. The van der Waals surface area contributed by atoms with Gasteiger partial charge in [-0.15, -0.1) is 23.1 Å². The van der Waals surface area contributed by atoms with Crippen molar-refractivity contribution in [3.63, 3.8) is 0 Å². The van der Waals surface area contributed by atoms with Crippen LogP contribution in [0.1, 0.15) is 23.0 Å². The number of thioether (sulfide) groups is 1. The molecule has 3 amide bonds. The Kier molecular flexibility index (Phi) is 10.2. The smallest absolute Gasteiger partial charge is 0.272 e. The lowest BCUT2D eigenvalue weighted by Crippen LogP contribution is -2.30. The first-order chi connectivity index (χ1) is 21.5. The third kappa shape index (κ3) is 8.46. The van der Waals surface area contributed by atoms with E-state index >= 15 is 0 Å². The molecule has 2 aromatic heterocycles. The summed E-state index contributed by atoms with van der Waals surface area (Å²) in [6, 6.07) is 26.7. The summed E-state index contributed by atoms with van der Waals surface area (Å²) >= 11 is 2.67. The van der Waals surface area contributed by atoms with Crippen molar-refractivity contribution in [3.05, 3.63) is 120 Å². The second-order valence-corrected chi connectivity index (χ2v) is 11.1. The van der Waals surface area contributed by atoms with E-state index in [0.717, 1.165) is 21.9 Å². The minimum atomic E-state index is -0.530. The van der Waals surface area contributed by atoms with Gasteiger partial charge in [-0.3, -0.25) is 14.4 Å². The van der Waals surface area contributed by atoms with E-state index in [1.165, 1.54) is 35.4 Å². The van der Waals surface area contributed by atoms with E-state index in [1.54, 1.807) is 60.7 Å². The van der Waals surface area contributed by atoms with Gasteiger partial charge in [0.15, 0.2) is 5.13 Å². The standard InChI is InChI=1S/C33H28N4O5S2/c1-2-41-25-15-13-22(14-16-25)29-20-44-33(36-29)37-30(38)21-43-27-12-6-10-24(18-27)34-32(40)28(19-26-11-7-17-42-26)35-31(39)23-8-4-3-5-9-23/h3-20H,2,21H2,1H3,(H,34,40)(H,35,39)(H,36,37,38)/b28-19-. The molecule has 3 N–H and O–H groups in total. The highest BCUT2D eigenvalue weighted by Gasteiger charge is 2.16. The summed E-state index contributed by atoms with van der Waals surface area (Å²) in [6.07, 6.45) is 2.94. The molecule has 9 nitrogen and oxygen atoms in total. The SMILES string of the molecule is CCOc1ccc(-c2csc(NC(=O)CSc3cccc(NC(=O)/C(=C/c4ccco4)NC(=O)c4ccccc4)c3)n2)cc1. The molecule has 0 aliphatic carbocycles. The molecule has 0 aliphatic rings. The van der Waals surface area contributed by atoms with Crippen molar-refractivity contribution in [1.82, 2.24) is 10.3 Å². The molecule has 11 heteroatoms. The number of rotatable bonds is 12. The van der Waals surface area contributed by atoms with E-state index < -0.39 is 11.8 Å². The first-order valence-corrected chi connectivity index (χ1v) is 15.5. The Bertz CT molecular complexity index is 1750. The van der Waals surface area contributed by atoms with Crippen molar-refractivity contribution in [3.8, 4) is 17.0 Å². The molecule has 0 bridgehead atoms. The number of amides is 3. The number of nitrogens with one attached hydrogen (secondary N) is 3. The molecule has 222 valence electrons. The fraction of sp³-hybridized carbons (Fsp3) is 0.0909. The van der Waals surface area contributed by atoms with Crippen LogP contribution in [0.25, 0.3) is 17.3 Å². The van der Waals surface area contributed by atoms with E-state index in [9.17, 15) is 14.4 Å². The Morgan fingerprint density at radius 1 is 0.955 bits per heavy atom. The number of nitrogens with zero attached hydrogens (tertiary/aromatic N) is 1. The first-order valence-electron chi connectivity index (χ1n) is 13.6. The Morgan fingerprint density at radius 3 is 2.52 bits per heavy atom. The molecule has 2 heterocycles. The molecular formula is C33H28N4O5S2. The molecule has 0 saturated carbocycles. The Balaban J connectivity index is 1.18. The largest absolute Gasteiger partial charge is 0.494 e.